The van der Waals surface area contributed by atoms with E-state index in [1.54, 1.807) is 6.20 Å². The molecular formula is C14H16N4. The Kier molecular flexibility index (Phi) is 3.28. The van der Waals surface area contributed by atoms with Gasteiger partial charge in [-0.2, -0.15) is 5.10 Å². The zero-order chi connectivity index (χ0) is 13.1. The molecule has 2 N–H and O–H groups in total. The number of benzene rings is 1. The number of nitrogens with one attached hydrogen (secondary N) is 2. The first-order chi connectivity index (χ1) is 8.61. The minimum absolute atomic E-state index is 0.543. The van der Waals surface area contributed by atoms with Crippen molar-refractivity contribution in [2.24, 2.45) is 0 Å². The number of anilines is 1. The van der Waals surface area contributed by atoms with Crippen molar-refractivity contribution in [3.63, 3.8) is 0 Å². The second-order valence-corrected chi connectivity index (χ2v) is 4.19. The van der Waals surface area contributed by atoms with Crippen LogP contribution in [-0.2, 0) is 0 Å². The molecule has 4 heteroatoms. The molecule has 0 aliphatic rings. The molecule has 0 radical (unpaired) electrons. The lowest BCUT2D eigenvalue weighted by molar-refractivity contribution is 0.846. The van der Waals surface area contributed by atoms with E-state index in [9.17, 15) is 0 Å². The van der Waals surface area contributed by atoms with Crippen LogP contribution < -0.4 is 5.32 Å². The zero-order valence-corrected chi connectivity index (χ0v) is 10.6. The number of nitrogens with zero attached hydrogens (tertiary/aromatic N) is 2. The highest BCUT2D eigenvalue weighted by atomic mass is 15.3. The van der Waals surface area contributed by atoms with E-state index in [2.05, 4.69) is 36.1 Å². The Morgan fingerprint density at radius 3 is 2.89 bits per heavy atom. The third-order valence-electron chi connectivity index (χ3n) is 2.73. The number of hydrogen-bond acceptors (Lipinski definition) is 3. The van der Waals surface area contributed by atoms with E-state index < -0.39 is 0 Å². The van der Waals surface area contributed by atoms with Crippen LogP contribution in [0.2, 0.25) is 0 Å². The highest BCUT2D eigenvalue weighted by Gasteiger charge is 2.08. The molecule has 0 amide bonds. The van der Waals surface area contributed by atoms with E-state index >= 15 is 0 Å². The summed E-state index contributed by atoms with van der Waals surface area (Å²) in [6.45, 7) is 7.75. The minimum atomic E-state index is 0.543. The summed E-state index contributed by atoms with van der Waals surface area (Å²) in [5.74, 6) is 0. The van der Waals surface area contributed by atoms with Crippen LogP contribution in [0.3, 0.4) is 0 Å². The average Bonchev–Trinajstić information content (AvgIpc) is 2.71. The van der Waals surface area contributed by atoms with E-state index in [1.165, 1.54) is 11.8 Å². The molecule has 4 nitrogen and oxygen atoms in total. The Hall–Kier alpha value is -2.36. The largest absolute Gasteiger partial charge is 0.352 e. The van der Waals surface area contributed by atoms with Crippen molar-refractivity contribution in [1.82, 2.24) is 9.78 Å². The Balaban J connectivity index is 2.36. The highest BCUT2D eigenvalue weighted by molar-refractivity contribution is 5.80. The predicted octanol–water partition coefficient (Wildman–Crippen LogP) is 3.06. The lowest BCUT2D eigenvalue weighted by atomic mass is 10.2. The van der Waals surface area contributed by atoms with Crippen LogP contribution in [0, 0.1) is 19.3 Å². The molecule has 1 aromatic heterocycles. The fourth-order valence-electron chi connectivity index (χ4n) is 1.76. The van der Waals surface area contributed by atoms with E-state index in [4.69, 9.17) is 5.41 Å². The maximum atomic E-state index is 7.11. The Morgan fingerprint density at radius 2 is 2.22 bits per heavy atom. The maximum absolute atomic E-state index is 7.11. The monoisotopic (exact) mass is 240 g/mol. The minimum Gasteiger partial charge on any atom is -0.352 e. The summed E-state index contributed by atoms with van der Waals surface area (Å²) in [5, 5.41) is 14.5. The van der Waals surface area contributed by atoms with E-state index in [0.29, 0.717) is 5.70 Å². The van der Waals surface area contributed by atoms with Crippen molar-refractivity contribution < 1.29 is 0 Å². The van der Waals surface area contributed by atoms with E-state index in [1.807, 2.05) is 23.7 Å². The zero-order valence-electron chi connectivity index (χ0n) is 10.6. The molecule has 0 unspecified atom stereocenters. The van der Waals surface area contributed by atoms with Gasteiger partial charge in [-0.3, -0.25) is 0 Å². The van der Waals surface area contributed by atoms with Crippen molar-refractivity contribution in [3.8, 4) is 5.69 Å². The summed E-state index contributed by atoms with van der Waals surface area (Å²) < 4.78 is 1.87. The normalized spacial score (nSPS) is 10.1. The molecule has 0 saturated carbocycles. The third-order valence-corrected chi connectivity index (χ3v) is 2.73. The second kappa shape index (κ2) is 4.87. The first-order valence-electron chi connectivity index (χ1n) is 5.70. The highest BCUT2D eigenvalue weighted by Crippen LogP contribution is 2.19. The first kappa shape index (κ1) is 12.1. The van der Waals surface area contributed by atoms with Crippen LogP contribution in [0.4, 0.5) is 5.69 Å². The van der Waals surface area contributed by atoms with Crippen LogP contribution in [-0.4, -0.2) is 16.0 Å². The molecule has 0 bridgehead atoms. The van der Waals surface area contributed by atoms with Gasteiger partial charge in [0.1, 0.15) is 0 Å². The molecule has 0 spiro atoms. The number of allylic oxidation sites excluding steroid dienone is 1. The van der Waals surface area contributed by atoms with Crippen molar-refractivity contribution >= 4 is 11.9 Å². The Morgan fingerprint density at radius 1 is 1.44 bits per heavy atom. The summed E-state index contributed by atoms with van der Waals surface area (Å²) in [5.41, 5.74) is 4.62. The molecule has 2 rings (SSSR count). The lowest BCUT2D eigenvalue weighted by Gasteiger charge is -2.07. The Bertz CT molecular complexity index is 596. The fourth-order valence-corrected chi connectivity index (χ4v) is 1.76. The topological polar surface area (TPSA) is 53.7 Å². The van der Waals surface area contributed by atoms with Gasteiger partial charge in [0, 0.05) is 11.9 Å². The predicted molar refractivity (Wildman–Crippen MR) is 74.6 cm³/mol. The molecule has 0 fully saturated rings. The van der Waals surface area contributed by atoms with Gasteiger partial charge in [-0.15, -0.1) is 0 Å². The van der Waals surface area contributed by atoms with Crippen LogP contribution in [0.5, 0.6) is 0 Å². The van der Waals surface area contributed by atoms with Crippen molar-refractivity contribution in [2.75, 3.05) is 5.32 Å². The number of aryl methyl sites for hydroxylation is 1. The first-order valence-corrected chi connectivity index (χ1v) is 5.70. The molecule has 0 aliphatic carbocycles. The fraction of sp³-hybridized carbons (Fsp3) is 0.143. The molecule has 0 atom stereocenters. The van der Waals surface area contributed by atoms with Gasteiger partial charge in [0.2, 0.25) is 0 Å². The van der Waals surface area contributed by atoms with Gasteiger partial charge in [-0.1, -0.05) is 18.7 Å². The smallest absolute Gasteiger partial charge is 0.0805 e. The molecule has 2 aromatic rings. The van der Waals surface area contributed by atoms with Crippen LogP contribution in [0.25, 0.3) is 5.69 Å². The summed E-state index contributed by atoms with van der Waals surface area (Å²) in [6.07, 6.45) is 2.93. The molecule has 92 valence electrons. The van der Waals surface area contributed by atoms with Gasteiger partial charge >= 0.3 is 0 Å². The Labute approximate surface area is 106 Å². The number of hydrogen-bond donors (Lipinski definition) is 2. The van der Waals surface area contributed by atoms with Gasteiger partial charge in [-0.05, 0) is 31.5 Å². The molecule has 18 heavy (non-hydrogen) atoms. The lowest BCUT2D eigenvalue weighted by Crippen LogP contribution is -2.02. The average molecular weight is 240 g/mol. The maximum Gasteiger partial charge on any atom is 0.0805 e. The molecule has 0 saturated heterocycles. The van der Waals surface area contributed by atoms with Gasteiger partial charge in [-0.25, -0.2) is 4.68 Å². The standard InChI is InChI=1S/C14H16N4/c1-10-5-4-6-13(7-10)18-12(3)14(9-16-18)17-11(2)8-15/h4-9,15,17H,2H2,1,3H3. The van der Waals surface area contributed by atoms with E-state index in [0.717, 1.165) is 17.1 Å². The van der Waals surface area contributed by atoms with Gasteiger partial charge in [0.05, 0.1) is 23.3 Å². The summed E-state index contributed by atoms with van der Waals surface area (Å²) >= 11 is 0. The summed E-state index contributed by atoms with van der Waals surface area (Å²) in [6, 6.07) is 8.16. The third kappa shape index (κ3) is 2.32. The molecule has 1 aromatic carbocycles. The molecular weight excluding hydrogens is 224 g/mol. The SMILES string of the molecule is C=C(C=N)Nc1cnn(-c2cccc(C)c2)c1C. The van der Waals surface area contributed by atoms with Crippen molar-refractivity contribution in [2.45, 2.75) is 13.8 Å². The van der Waals surface area contributed by atoms with Crippen LogP contribution >= 0.6 is 0 Å². The van der Waals surface area contributed by atoms with Gasteiger partial charge < -0.3 is 10.7 Å². The van der Waals surface area contributed by atoms with Crippen LogP contribution in [0.1, 0.15) is 11.3 Å². The van der Waals surface area contributed by atoms with Crippen molar-refractivity contribution in [1.29, 1.82) is 5.41 Å². The van der Waals surface area contributed by atoms with Gasteiger partial charge in [0.25, 0.3) is 0 Å². The quantitative estimate of drug-likeness (QED) is 0.807. The summed E-state index contributed by atoms with van der Waals surface area (Å²) in [4.78, 5) is 0. The second-order valence-electron chi connectivity index (χ2n) is 4.19. The number of rotatable bonds is 4. The van der Waals surface area contributed by atoms with Crippen LogP contribution in [0.15, 0.2) is 42.7 Å². The van der Waals surface area contributed by atoms with E-state index in [-0.39, 0.29) is 0 Å². The number of aromatic nitrogens is 2. The molecule has 0 aliphatic heterocycles. The summed E-state index contributed by atoms with van der Waals surface area (Å²) in [7, 11) is 0. The van der Waals surface area contributed by atoms with Crippen molar-refractivity contribution in [3.05, 3.63) is 54.0 Å². The molecule has 1 heterocycles. The van der Waals surface area contributed by atoms with Gasteiger partial charge in [0.15, 0.2) is 0 Å².